The molecule has 0 unspecified atom stereocenters. The third-order valence-corrected chi connectivity index (χ3v) is 4.33. The van der Waals surface area contributed by atoms with Crippen molar-refractivity contribution in [2.45, 2.75) is 6.61 Å². The second-order valence-corrected chi connectivity index (χ2v) is 6.20. The van der Waals surface area contributed by atoms with E-state index < -0.39 is 0 Å². The van der Waals surface area contributed by atoms with Gasteiger partial charge in [-0.1, -0.05) is 23.1 Å². The van der Waals surface area contributed by atoms with E-state index in [9.17, 15) is 4.79 Å². The number of methoxy groups -OCH3 is 1. The first-order valence-corrected chi connectivity index (χ1v) is 8.14. The number of benzene rings is 1. The number of nitrogens with one attached hydrogen (secondary N) is 1. The summed E-state index contributed by atoms with van der Waals surface area (Å²) in [7, 11) is 1.62. The molecule has 1 amide bonds. The zero-order chi connectivity index (χ0) is 15.4. The van der Waals surface area contributed by atoms with Crippen LogP contribution in [0, 0.1) is 0 Å². The van der Waals surface area contributed by atoms with E-state index >= 15 is 0 Å². The van der Waals surface area contributed by atoms with Crippen molar-refractivity contribution in [1.29, 1.82) is 0 Å². The van der Waals surface area contributed by atoms with Crippen LogP contribution in [0.4, 0.5) is 5.13 Å². The van der Waals surface area contributed by atoms with Crippen LogP contribution in [0.3, 0.4) is 0 Å². The van der Waals surface area contributed by atoms with Gasteiger partial charge in [-0.25, -0.2) is 0 Å². The van der Waals surface area contributed by atoms with Crippen molar-refractivity contribution in [3.63, 3.8) is 0 Å². The molecule has 7 nitrogen and oxygen atoms in total. The van der Waals surface area contributed by atoms with Crippen molar-refractivity contribution in [3.8, 4) is 11.5 Å². The van der Waals surface area contributed by atoms with Gasteiger partial charge in [-0.15, -0.1) is 10.2 Å². The van der Waals surface area contributed by atoms with Crippen LogP contribution >= 0.6 is 23.1 Å². The van der Waals surface area contributed by atoms with E-state index in [4.69, 9.17) is 9.47 Å². The van der Waals surface area contributed by atoms with Crippen LogP contribution in [0.1, 0.15) is 5.01 Å². The van der Waals surface area contributed by atoms with Gasteiger partial charge < -0.3 is 14.8 Å². The summed E-state index contributed by atoms with van der Waals surface area (Å²) in [5, 5.41) is 12.4. The normalized spacial score (nSPS) is 15.9. The van der Waals surface area contributed by atoms with E-state index in [0.29, 0.717) is 27.7 Å². The topological polar surface area (TPSA) is 85.7 Å². The molecular formula is C13H12N4O3S2. The van der Waals surface area contributed by atoms with E-state index in [1.165, 1.54) is 23.1 Å². The highest BCUT2D eigenvalue weighted by Crippen LogP contribution is 2.23. The largest absolute Gasteiger partial charge is 0.497 e. The molecule has 3 rings (SSSR count). The molecular weight excluding hydrogens is 324 g/mol. The lowest BCUT2D eigenvalue weighted by Crippen LogP contribution is -2.19. The van der Waals surface area contributed by atoms with Crippen molar-refractivity contribution in [1.82, 2.24) is 15.5 Å². The molecule has 1 aliphatic heterocycles. The maximum atomic E-state index is 11.1. The van der Waals surface area contributed by atoms with Crippen molar-refractivity contribution in [2.24, 2.45) is 4.99 Å². The summed E-state index contributed by atoms with van der Waals surface area (Å²) < 4.78 is 10.7. The van der Waals surface area contributed by atoms with Crippen LogP contribution in [-0.2, 0) is 11.4 Å². The lowest BCUT2D eigenvalue weighted by Gasteiger charge is -2.04. The number of aromatic nitrogens is 2. The summed E-state index contributed by atoms with van der Waals surface area (Å²) in [6.45, 7) is 0.314. The molecule has 114 valence electrons. The number of aliphatic imine (C=N–C) groups is 1. The minimum atomic E-state index is -0.0451. The molecule has 22 heavy (non-hydrogen) atoms. The first-order chi connectivity index (χ1) is 10.7. The molecule has 1 aliphatic rings. The molecule has 9 heteroatoms. The molecule has 1 aromatic carbocycles. The van der Waals surface area contributed by atoms with Crippen LogP contribution in [0.15, 0.2) is 29.3 Å². The monoisotopic (exact) mass is 336 g/mol. The van der Waals surface area contributed by atoms with Crippen molar-refractivity contribution in [3.05, 3.63) is 29.3 Å². The van der Waals surface area contributed by atoms with Gasteiger partial charge in [0, 0.05) is 0 Å². The Labute approximate surface area is 134 Å². The van der Waals surface area contributed by atoms with Gasteiger partial charge in [0.05, 0.1) is 12.9 Å². The summed E-state index contributed by atoms with van der Waals surface area (Å²) in [5.41, 5.74) is 0. The second kappa shape index (κ2) is 6.75. The minimum Gasteiger partial charge on any atom is -0.497 e. The maximum absolute atomic E-state index is 11.1. The zero-order valence-corrected chi connectivity index (χ0v) is 13.2. The van der Waals surface area contributed by atoms with Gasteiger partial charge in [0.2, 0.25) is 11.0 Å². The molecule has 2 heterocycles. The van der Waals surface area contributed by atoms with Gasteiger partial charge in [-0.2, -0.15) is 4.99 Å². The summed E-state index contributed by atoms with van der Waals surface area (Å²) in [5.74, 6) is 1.85. The summed E-state index contributed by atoms with van der Waals surface area (Å²) in [4.78, 5) is 15.3. The standard InChI is InChI=1S/C13H12N4O3S2/c1-19-8-2-4-9(5-3-8)20-6-11-16-17-13(22-11)15-12-14-10(18)7-21-12/h2-5H,6-7H2,1H3,(H,14,15,17,18). The molecule has 0 aliphatic carbocycles. The Morgan fingerprint density at radius 3 is 2.73 bits per heavy atom. The molecule has 0 radical (unpaired) electrons. The maximum Gasteiger partial charge on any atom is 0.236 e. The fourth-order valence-electron chi connectivity index (χ4n) is 1.64. The van der Waals surface area contributed by atoms with E-state index in [1.807, 2.05) is 24.3 Å². The first-order valence-electron chi connectivity index (χ1n) is 6.33. The Hall–Kier alpha value is -2.13. The number of thioether (sulfide) groups is 1. The number of hydrogen-bond acceptors (Lipinski definition) is 8. The van der Waals surface area contributed by atoms with Gasteiger partial charge in [0.15, 0.2) is 10.2 Å². The van der Waals surface area contributed by atoms with Crippen LogP contribution in [-0.4, -0.2) is 34.1 Å². The average Bonchev–Trinajstić information content (AvgIpc) is 3.15. The van der Waals surface area contributed by atoms with Crippen LogP contribution in [0.2, 0.25) is 0 Å². The molecule has 0 spiro atoms. The number of ether oxygens (including phenoxy) is 2. The molecule has 1 saturated heterocycles. The number of amides is 1. The third kappa shape index (κ3) is 3.74. The third-order valence-electron chi connectivity index (χ3n) is 2.66. The van der Waals surface area contributed by atoms with Gasteiger partial charge in [0.25, 0.3) is 0 Å². The Kier molecular flexibility index (Phi) is 4.54. The molecule has 1 N–H and O–H groups in total. The number of amidine groups is 1. The molecule has 1 fully saturated rings. The van der Waals surface area contributed by atoms with E-state index in [0.717, 1.165) is 11.5 Å². The highest BCUT2D eigenvalue weighted by Gasteiger charge is 2.17. The van der Waals surface area contributed by atoms with Gasteiger partial charge in [-0.3, -0.25) is 4.79 Å². The Morgan fingerprint density at radius 1 is 1.27 bits per heavy atom. The average molecular weight is 336 g/mol. The molecule has 2 aromatic rings. The van der Waals surface area contributed by atoms with Gasteiger partial charge in [-0.05, 0) is 24.3 Å². The minimum absolute atomic E-state index is 0.0451. The number of carbonyl (C=O) groups is 1. The molecule has 0 bridgehead atoms. The number of rotatable bonds is 5. The predicted octanol–water partition coefficient (Wildman–Crippen LogP) is 1.98. The molecule has 0 saturated carbocycles. The Balaban J connectivity index is 1.58. The van der Waals surface area contributed by atoms with E-state index in [1.54, 1.807) is 7.11 Å². The molecule has 0 atom stereocenters. The smallest absolute Gasteiger partial charge is 0.236 e. The molecule has 1 aromatic heterocycles. The predicted molar refractivity (Wildman–Crippen MR) is 84.9 cm³/mol. The highest BCUT2D eigenvalue weighted by molar-refractivity contribution is 8.15. The lowest BCUT2D eigenvalue weighted by molar-refractivity contribution is -0.116. The SMILES string of the molecule is COc1ccc(OCc2nnc(/N=C3\NC(=O)CS3)s2)cc1. The zero-order valence-electron chi connectivity index (χ0n) is 11.6. The number of carbonyl (C=O) groups excluding carboxylic acids is 1. The number of nitrogens with zero attached hydrogens (tertiary/aromatic N) is 3. The summed E-state index contributed by atoms with van der Waals surface area (Å²) in [6.07, 6.45) is 0. The fraction of sp³-hybridized carbons (Fsp3) is 0.231. The lowest BCUT2D eigenvalue weighted by atomic mass is 10.3. The van der Waals surface area contributed by atoms with E-state index in [-0.39, 0.29) is 5.91 Å². The van der Waals surface area contributed by atoms with E-state index in [2.05, 4.69) is 20.5 Å². The van der Waals surface area contributed by atoms with Crippen molar-refractivity contribution >= 4 is 39.3 Å². The summed E-state index contributed by atoms with van der Waals surface area (Å²) >= 11 is 2.68. The van der Waals surface area contributed by atoms with Crippen molar-refractivity contribution < 1.29 is 14.3 Å². The fourth-order valence-corrected chi connectivity index (χ4v) is 3.00. The summed E-state index contributed by atoms with van der Waals surface area (Å²) in [6, 6.07) is 7.30. The Morgan fingerprint density at radius 2 is 2.05 bits per heavy atom. The quantitative estimate of drug-likeness (QED) is 0.898. The van der Waals surface area contributed by atoms with Crippen LogP contribution in [0.5, 0.6) is 11.5 Å². The van der Waals surface area contributed by atoms with Gasteiger partial charge in [0.1, 0.15) is 18.1 Å². The Bertz CT molecular complexity index is 700. The first kappa shape index (κ1) is 14.8. The van der Waals surface area contributed by atoms with Crippen LogP contribution < -0.4 is 14.8 Å². The second-order valence-electron chi connectivity index (χ2n) is 4.20. The van der Waals surface area contributed by atoms with Crippen LogP contribution in [0.25, 0.3) is 0 Å². The number of hydrogen-bond donors (Lipinski definition) is 1. The van der Waals surface area contributed by atoms with Gasteiger partial charge >= 0.3 is 0 Å². The highest BCUT2D eigenvalue weighted by atomic mass is 32.2. The van der Waals surface area contributed by atoms with Crippen molar-refractivity contribution in [2.75, 3.05) is 12.9 Å².